The van der Waals surface area contributed by atoms with Gasteiger partial charge in [-0.05, 0) is 77.6 Å². The summed E-state index contributed by atoms with van der Waals surface area (Å²) >= 11 is 6.26. The Balaban J connectivity index is 1.52. The molecule has 4 aromatic rings. The Kier molecular flexibility index (Phi) is 8.55. The van der Waals surface area contributed by atoms with Crippen LogP contribution < -0.4 is 10.6 Å². The average Bonchev–Trinajstić information content (AvgIpc) is 3.32. The number of fused-ring (bicyclic) bond motifs is 1. The number of benzene rings is 1. The van der Waals surface area contributed by atoms with Crippen molar-refractivity contribution in [2.75, 3.05) is 5.32 Å². The zero-order valence-electron chi connectivity index (χ0n) is 24.7. The number of carbonyl (C=O) groups excluding carboxylic acids is 1. The highest BCUT2D eigenvalue weighted by Crippen LogP contribution is 2.36. The Hall–Kier alpha value is -4.21. The molecule has 1 amide bonds. The van der Waals surface area contributed by atoms with Gasteiger partial charge in [0.25, 0.3) is 10.0 Å². The number of aryl methyl sites for hydroxylation is 1. The fourth-order valence-electron chi connectivity index (χ4n) is 5.25. The highest BCUT2D eigenvalue weighted by Gasteiger charge is 2.28. The van der Waals surface area contributed by atoms with Crippen LogP contribution in [0.3, 0.4) is 0 Å². The van der Waals surface area contributed by atoms with E-state index < -0.39 is 27.5 Å². The van der Waals surface area contributed by atoms with Crippen LogP contribution in [0.2, 0.25) is 5.02 Å². The van der Waals surface area contributed by atoms with Crippen molar-refractivity contribution in [2.24, 2.45) is 0 Å². The number of halogens is 2. The van der Waals surface area contributed by atoms with Crippen LogP contribution in [0.5, 0.6) is 0 Å². The van der Waals surface area contributed by atoms with Gasteiger partial charge in [0.15, 0.2) is 17.3 Å². The zero-order chi connectivity index (χ0) is 31.8. The summed E-state index contributed by atoms with van der Waals surface area (Å²) in [7, 11) is -4.10. The van der Waals surface area contributed by atoms with Gasteiger partial charge >= 0.3 is 6.09 Å². The lowest BCUT2D eigenvalue weighted by Gasteiger charge is -2.31. The summed E-state index contributed by atoms with van der Waals surface area (Å²) in [5, 5.41) is 16.5. The molecule has 0 radical (unpaired) electrons. The van der Waals surface area contributed by atoms with Gasteiger partial charge in [-0.3, -0.25) is 0 Å². The molecule has 5 rings (SSSR count). The maximum atomic E-state index is 15.3. The molecule has 44 heavy (non-hydrogen) atoms. The second-order valence-electron chi connectivity index (χ2n) is 11.9. The molecule has 3 aromatic heterocycles. The molecule has 1 aromatic carbocycles. The quantitative estimate of drug-likeness (QED) is 0.242. The third-order valence-electron chi connectivity index (χ3n) is 7.24. The number of nitrogens with one attached hydrogen (secondary N) is 2. The van der Waals surface area contributed by atoms with Crippen molar-refractivity contribution in [3.8, 4) is 17.3 Å². The largest absolute Gasteiger partial charge is 0.444 e. The lowest BCUT2D eigenvalue weighted by molar-refractivity contribution is 0.0492. The van der Waals surface area contributed by atoms with E-state index in [1.165, 1.54) is 30.6 Å². The number of anilines is 1. The van der Waals surface area contributed by atoms with Gasteiger partial charge in [0.05, 0.1) is 21.2 Å². The first-order valence-electron chi connectivity index (χ1n) is 14.1. The molecule has 0 unspecified atom stereocenters. The predicted octanol–water partition coefficient (Wildman–Crippen LogP) is 6.56. The van der Waals surface area contributed by atoms with E-state index in [2.05, 4.69) is 20.6 Å². The van der Waals surface area contributed by atoms with E-state index in [0.29, 0.717) is 18.2 Å². The van der Waals surface area contributed by atoms with E-state index in [-0.39, 0.29) is 50.3 Å². The Bertz CT molecular complexity index is 1880. The van der Waals surface area contributed by atoms with Gasteiger partial charge in [-0.2, -0.15) is 5.26 Å². The van der Waals surface area contributed by atoms with Crippen LogP contribution in [-0.2, 0) is 14.8 Å². The number of carbonyl (C=O) groups is 1. The normalized spacial score (nSPS) is 17.2. The van der Waals surface area contributed by atoms with Gasteiger partial charge in [0, 0.05) is 35.4 Å². The molecular formula is C31H32ClFN6O4S. The smallest absolute Gasteiger partial charge is 0.407 e. The van der Waals surface area contributed by atoms with E-state index >= 15 is 4.39 Å². The summed E-state index contributed by atoms with van der Waals surface area (Å²) < 4.78 is 49.1. The van der Waals surface area contributed by atoms with Gasteiger partial charge in [-0.1, -0.05) is 29.3 Å². The molecule has 10 nitrogen and oxygen atoms in total. The maximum Gasteiger partial charge on any atom is 0.407 e. The highest BCUT2D eigenvalue weighted by molar-refractivity contribution is 7.90. The van der Waals surface area contributed by atoms with Gasteiger partial charge in [0.2, 0.25) is 0 Å². The fraction of sp³-hybridized carbons (Fsp3) is 0.355. The van der Waals surface area contributed by atoms with Crippen molar-refractivity contribution in [1.29, 1.82) is 5.26 Å². The van der Waals surface area contributed by atoms with Crippen LogP contribution in [0.4, 0.5) is 15.0 Å². The van der Waals surface area contributed by atoms with E-state index in [4.69, 9.17) is 16.3 Å². The van der Waals surface area contributed by atoms with Crippen LogP contribution in [-0.4, -0.2) is 46.1 Å². The third kappa shape index (κ3) is 6.64. The number of nitriles is 1. The van der Waals surface area contributed by atoms with Gasteiger partial charge in [-0.25, -0.2) is 31.5 Å². The lowest BCUT2D eigenvalue weighted by atomic mass is 9.91. The minimum atomic E-state index is -4.10. The van der Waals surface area contributed by atoms with Crippen LogP contribution in [0.1, 0.15) is 57.6 Å². The SMILES string of the molecule is Cc1ccc(S(=O)(=O)n2cc(-c3nc(N[C@H]4CCC[C@@H](NC(=O)OC(C)(C)C)C4)c(F)cc3C#N)c3cc(Cl)cnc32)cc1. The van der Waals surface area contributed by atoms with Crippen LogP contribution in [0.25, 0.3) is 22.3 Å². The Morgan fingerprint density at radius 1 is 1.18 bits per heavy atom. The van der Waals surface area contributed by atoms with E-state index in [1.54, 1.807) is 32.9 Å². The number of rotatable bonds is 6. The molecule has 0 spiro atoms. The summed E-state index contributed by atoms with van der Waals surface area (Å²) in [5.74, 6) is -0.834. The molecule has 1 fully saturated rings. The van der Waals surface area contributed by atoms with Gasteiger partial charge in [0.1, 0.15) is 11.7 Å². The van der Waals surface area contributed by atoms with Crippen molar-refractivity contribution in [3.63, 3.8) is 0 Å². The minimum Gasteiger partial charge on any atom is -0.444 e. The first-order valence-corrected chi connectivity index (χ1v) is 15.9. The number of ether oxygens (including phenoxy) is 1. The van der Waals surface area contributed by atoms with Crippen LogP contribution in [0, 0.1) is 24.1 Å². The zero-order valence-corrected chi connectivity index (χ0v) is 26.3. The maximum absolute atomic E-state index is 15.3. The molecule has 2 atom stereocenters. The van der Waals surface area contributed by atoms with Crippen molar-refractivity contribution in [2.45, 2.75) is 76.0 Å². The molecule has 230 valence electrons. The second-order valence-corrected chi connectivity index (χ2v) is 14.1. The fourth-order valence-corrected chi connectivity index (χ4v) is 6.73. The number of amides is 1. The molecule has 1 aliphatic carbocycles. The second kappa shape index (κ2) is 12.1. The summed E-state index contributed by atoms with van der Waals surface area (Å²) in [4.78, 5) is 21.1. The molecule has 3 heterocycles. The Morgan fingerprint density at radius 2 is 1.89 bits per heavy atom. The number of aromatic nitrogens is 3. The molecule has 0 aliphatic heterocycles. The summed E-state index contributed by atoms with van der Waals surface area (Å²) in [6.45, 7) is 7.21. The standard InChI is InChI=1S/C31H32ClFN6O4S/c1-18-8-10-23(11-9-18)44(41,42)39-17-25(24-13-20(32)16-35-29(24)39)27-19(15-34)12-26(33)28(38-27)36-21-6-5-7-22(14-21)37-30(40)43-31(2,3)4/h8-13,16-17,21-22H,5-7,14H2,1-4H3,(H,36,38)(H,37,40)/t21-,22+/m0/s1. The van der Waals surface area contributed by atoms with Crippen molar-refractivity contribution in [3.05, 3.63) is 70.8 Å². The molecule has 2 N–H and O–H groups in total. The molecule has 0 saturated heterocycles. The van der Waals surface area contributed by atoms with E-state index in [9.17, 15) is 18.5 Å². The number of hydrogen-bond donors (Lipinski definition) is 2. The van der Waals surface area contributed by atoms with Gasteiger partial charge < -0.3 is 15.4 Å². The van der Waals surface area contributed by atoms with E-state index in [0.717, 1.165) is 28.4 Å². The number of alkyl carbamates (subject to hydrolysis) is 1. The summed E-state index contributed by atoms with van der Waals surface area (Å²) in [5.41, 5.74) is 0.572. The molecule has 13 heteroatoms. The molecule has 0 bridgehead atoms. The average molecular weight is 639 g/mol. The highest BCUT2D eigenvalue weighted by atomic mass is 35.5. The minimum absolute atomic E-state index is 0.0464. The summed E-state index contributed by atoms with van der Waals surface area (Å²) in [6.07, 6.45) is 4.87. The lowest BCUT2D eigenvalue weighted by Crippen LogP contribution is -2.44. The van der Waals surface area contributed by atoms with Crippen LogP contribution >= 0.6 is 11.6 Å². The first-order chi connectivity index (χ1) is 20.7. The summed E-state index contributed by atoms with van der Waals surface area (Å²) in [6, 6.07) is 10.5. The molecule has 1 aliphatic rings. The molecule has 1 saturated carbocycles. The monoisotopic (exact) mass is 638 g/mol. The van der Waals surface area contributed by atoms with Crippen molar-refractivity contribution < 1.29 is 22.3 Å². The van der Waals surface area contributed by atoms with Crippen molar-refractivity contribution >= 4 is 44.6 Å². The van der Waals surface area contributed by atoms with E-state index in [1.807, 2.05) is 13.0 Å². The number of nitrogens with zero attached hydrogens (tertiary/aromatic N) is 4. The van der Waals surface area contributed by atoms with Crippen LogP contribution in [0.15, 0.2) is 53.7 Å². The Morgan fingerprint density at radius 3 is 2.57 bits per heavy atom. The molecular weight excluding hydrogens is 607 g/mol. The Labute approximate surface area is 260 Å². The third-order valence-corrected chi connectivity index (χ3v) is 9.11. The van der Waals surface area contributed by atoms with Gasteiger partial charge in [-0.15, -0.1) is 0 Å². The first kappa shape index (κ1) is 31.2. The van der Waals surface area contributed by atoms with Crippen molar-refractivity contribution in [1.82, 2.24) is 19.3 Å². The topological polar surface area (TPSA) is 139 Å². The predicted molar refractivity (Wildman–Crippen MR) is 165 cm³/mol. The number of hydrogen-bond acceptors (Lipinski definition) is 8. The number of pyridine rings is 2.